The lowest BCUT2D eigenvalue weighted by Gasteiger charge is -2.12. The van der Waals surface area contributed by atoms with E-state index in [1.54, 1.807) is 36.0 Å². The molecule has 0 saturated heterocycles. The van der Waals surface area contributed by atoms with Crippen molar-refractivity contribution in [1.29, 1.82) is 0 Å². The van der Waals surface area contributed by atoms with Crippen LogP contribution in [0.4, 0.5) is 17.6 Å². The molecule has 0 spiro atoms. The number of ether oxygens (including phenoxy) is 1. The molecular weight excluding hydrogens is 528 g/mol. The summed E-state index contributed by atoms with van der Waals surface area (Å²) in [6.45, 7) is 1.46. The molecule has 0 aromatic heterocycles. The number of carbonyl (C=O) groups is 1. The second kappa shape index (κ2) is 12.2. The van der Waals surface area contributed by atoms with Crippen molar-refractivity contribution >= 4 is 23.3 Å². The molecule has 4 rings (SSSR count). The zero-order valence-electron chi connectivity index (χ0n) is 20.8. The van der Waals surface area contributed by atoms with Crippen LogP contribution in [-0.2, 0) is 11.0 Å². The molecule has 39 heavy (non-hydrogen) atoms. The Morgan fingerprint density at radius 3 is 1.87 bits per heavy atom. The highest BCUT2D eigenvalue weighted by atomic mass is 32.2. The molecule has 0 fully saturated rings. The second-order valence-corrected chi connectivity index (χ2v) is 9.75. The predicted octanol–water partition coefficient (Wildman–Crippen LogP) is 8.59. The standard InChI is InChI=1S/C31H24F4O3S/c1-20(30(36)37)38-27-14-16-28(17-15-27)39-19-18-29(24-8-12-26(32)13-9-24)23-4-2-21(3-5-23)22-6-10-25(11-7-22)31(33,34)35/h2-18,20H,19H2,1H3,(H,36,37). The van der Waals surface area contributed by atoms with Crippen LogP contribution >= 0.6 is 11.8 Å². The van der Waals surface area contributed by atoms with Gasteiger partial charge in [-0.2, -0.15) is 13.2 Å². The molecule has 4 aromatic carbocycles. The first kappa shape index (κ1) is 28.0. The third-order valence-corrected chi connectivity index (χ3v) is 6.86. The van der Waals surface area contributed by atoms with Crippen molar-refractivity contribution < 1.29 is 32.2 Å². The number of carboxylic acid groups (broad SMARTS) is 1. The summed E-state index contributed by atoms with van der Waals surface area (Å²) in [5, 5.41) is 8.99. The number of thioether (sulfide) groups is 1. The molecule has 1 N–H and O–H groups in total. The minimum Gasteiger partial charge on any atom is -0.479 e. The van der Waals surface area contributed by atoms with Crippen LogP contribution in [0.1, 0.15) is 23.6 Å². The minimum absolute atomic E-state index is 0.343. The molecule has 0 radical (unpaired) electrons. The van der Waals surface area contributed by atoms with E-state index < -0.39 is 23.8 Å². The first-order chi connectivity index (χ1) is 18.6. The van der Waals surface area contributed by atoms with Crippen molar-refractivity contribution in [2.24, 2.45) is 0 Å². The van der Waals surface area contributed by atoms with E-state index in [1.807, 2.05) is 42.5 Å². The van der Waals surface area contributed by atoms with E-state index in [0.29, 0.717) is 17.1 Å². The zero-order valence-corrected chi connectivity index (χ0v) is 21.6. The molecule has 0 heterocycles. The summed E-state index contributed by atoms with van der Waals surface area (Å²) < 4.78 is 57.6. The van der Waals surface area contributed by atoms with Crippen LogP contribution in [-0.4, -0.2) is 22.9 Å². The average Bonchev–Trinajstić information content (AvgIpc) is 2.92. The fourth-order valence-electron chi connectivity index (χ4n) is 3.82. The third-order valence-electron chi connectivity index (χ3n) is 5.92. The normalized spacial score (nSPS) is 12.7. The van der Waals surface area contributed by atoms with E-state index in [-0.39, 0.29) is 5.82 Å². The van der Waals surface area contributed by atoms with Gasteiger partial charge in [0, 0.05) is 10.6 Å². The number of hydrogen-bond acceptors (Lipinski definition) is 3. The van der Waals surface area contributed by atoms with Crippen molar-refractivity contribution in [3.8, 4) is 16.9 Å². The molecule has 0 amide bonds. The van der Waals surface area contributed by atoms with Gasteiger partial charge < -0.3 is 9.84 Å². The van der Waals surface area contributed by atoms with Gasteiger partial charge in [-0.1, -0.05) is 54.6 Å². The molecule has 4 aromatic rings. The molecule has 0 aliphatic carbocycles. The fraction of sp³-hybridized carbons (Fsp3) is 0.129. The van der Waals surface area contributed by atoms with Gasteiger partial charge in [-0.15, -0.1) is 11.8 Å². The highest BCUT2D eigenvalue weighted by Crippen LogP contribution is 2.32. The molecule has 8 heteroatoms. The highest BCUT2D eigenvalue weighted by Gasteiger charge is 2.30. The van der Waals surface area contributed by atoms with Crippen LogP contribution in [0, 0.1) is 5.82 Å². The number of carboxylic acids is 1. The summed E-state index contributed by atoms with van der Waals surface area (Å²) >= 11 is 1.56. The number of aliphatic carboxylic acids is 1. The summed E-state index contributed by atoms with van der Waals surface area (Å²) in [5.74, 6) is -0.326. The molecule has 0 bridgehead atoms. The maximum absolute atomic E-state index is 13.6. The van der Waals surface area contributed by atoms with Gasteiger partial charge in [0.2, 0.25) is 0 Å². The van der Waals surface area contributed by atoms with Crippen LogP contribution in [0.15, 0.2) is 108 Å². The van der Waals surface area contributed by atoms with E-state index in [2.05, 4.69) is 0 Å². The van der Waals surface area contributed by atoms with Gasteiger partial charge >= 0.3 is 12.1 Å². The van der Waals surface area contributed by atoms with Crippen molar-refractivity contribution in [2.75, 3.05) is 5.75 Å². The van der Waals surface area contributed by atoms with Gasteiger partial charge in [0.05, 0.1) is 5.56 Å². The van der Waals surface area contributed by atoms with Gasteiger partial charge in [-0.25, -0.2) is 9.18 Å². The van der Waals surface area contributed by atoms with Gasteiger partial charge in [0.1, 0.15) is 11.6 Å². The van der Waals surface area contributed by atoms with Crippen molar-refractivity contribution in [3.63, 3.8) is 0 Å². The lowest BCUT2D eigenvalue weighted by Crippen LogP contribution is -2.22. The summed E-state index contributed by atoms with van der Waals surface area (Å²) in [7, 11) is 0. The Labute approximate surface area is 227 Å². The summed E-state index contributed by atoms with van der Waals surface area (Å²) in [4.78, 5) is 11.9. The first-order valence-electron chi connectivity index (χ1n) is 12.0. The van der Waals surface area contributed by atoms with E-state index in [0.717, 1.165) is 39.3 Å². The van der Waals surface area contributed by atoms with Crippen LogP contribution in [0.5, 0.6) is 5.75 Å². The van der Waals surface area contributed by atoms with E-state index >= 15 is 0 Å². The van der Waals surface area contributed by atoms with Crippen LogP contribution in [0.25, 0.3) is 16.7 Å². The van der Waals surface area contributed by atoms with Crippen LogP contribution in [0.2, 0.25) is 0 Å². The molecular formula is C31H24F4O3S. The van der Waals surface area contributed by atoms with Crippen molar-refractivity contribution in [1.82, 2.24) is 0 Å². The van der Waals surface area contributed by atoms with Crippen LogP contribution < -0.4 is 4.74 Å². The van der Waals surface area contributed by atoms with E-state index in [4.69, 9.17) is 9.84 Å². The molecule has 0 aliphatic heterocycles. The molecule has 0 saturated carbocycles. The maximum atomic E-state index is 13.6. The topological polar surface area (TPSA) is 46.5 Å². The van der Waals surface area contributed by atoms with Crippen LogP contribution in [0.3, 0.4) is 0 Å². The molecule has 1 unspecified atom stereocenters. The monoisotopic (exact) mass is 552 g/mol. The number of hydrogen-bond donors (Lipinski definition) is 1. The number of benzene rings is 4. The van der Waals surface area contributed by atoms with E-state index in [1.165, 1.54) is 31.2 Å². The lowest BCUT2D eigenvalue weighted by molar-refractivity contribution is -0.144. The lowest BCUT2D eigenvalue weighted by atomic mass is 9.95. The molecule has 200 valence electrons. The Bertz CT molecular complexity index is 1430. The Hall–Kier alpha value is -4.04. The number of halogens is 4. The quantitative estimate of drug-likeness (QED) is 0.167. The smallest absolute Gasteiger partial charge is 0.416 e. The Morgan fingerprint density at radius 2 is 1.36 bits per heavy atom. The second-order valence-electron chi connectivity index (χ2n) is 8.66. The summed E-state index contributed by atoms with van der Waals surface area (Å²) in [6, 6.07) is 25.8. The third kappa shape index (κ3) is 7.51. The minimum atomic E-state index is -4.38. The SMILES string of the molecule is CC(Oc1ccc(SCC=C(c2ccc(F)cc2)c2ccc(-c3ccc(C(F)(F)F)cc3)cc2)cc1)C(=O)O. The maximum Gasteiger partial charge on any atom is 0.416 e. The van der Waals surface area contributed by atoms with Gasteiger partial charge in [0.25, 0.3) is 0 Å². The largest absolute Gasteiger partial charge is 0.479 e. The van der Waals surface area contributed by atoms with E-state index in [9.17, 15) is 22.4 Å². The molecule has 0 aliphatic rings. The Kier molecular flexibility index (Phi) is 8.76. The first-order valence-corrected chi connectivity index (χ1v) is 13.0. The molecule has 1 atom stereocenters. The van der Waals surface area contributed by atoms with Crippen molar-refractivity contribution in [3.05, 3.63) is 126 Å². The van der Waals surface area contributed by atoms with Crippen molar-refractivity contribution in [2.45, 2.75) is 24.1 Å². The Morgan fingerprint density at radius 1 is 0.846 bits per heavy atom. The summed E-state index contributed by atoms with van der Waals surface area (Å²) in [6.07, 6.45) is -3.30. The number of alkyl halides is 3. The average molecular weight is 553 g/mol. The Balaban J connectivity index is 1.52. The molecule has 3 nitrogen and oxygen atoms in total. The number of rotatable bonds is 9. The van der Waals surface area contributed by atoms with Gasteiger partial charge in [-0.3, -0.25) is 0 Å². The predicted molar refractivity (Wildman–Crippen MR) is 145 cm³/mol. The highest BCUT2D eigenvalue weighted by molar-refractivity contribution is 7.99. The fourth-order valence-corrected chi connectivity index (χ4v) is 4.59. The zero-order chi connectivity index (χ0) is 28.0. The van der Waals surface area contributed by atoms with Gasteiger partial charge in [-0.05, 0) is 83.3 Å². The van der Waals surface area contributed by atoms with Gasteiger partial charge in [0.15, 0.2) is 6.10 Å². The summed E-state index contributed by atoms with van der Waals surface area (Å²) in [5.41, 5.74) is 3.34.